The lowest BCUT2D eigenvalue weighted by Crippen LogP contribution is -2.45. The number of fused-ring (bicyclic) bond motifs is 1. The fourth-order valence-electron chi connectivity index (χ4n) is 3.55. The molecule has 0 unspecified atom stereocenters. The molecule has 0 saturated carbocycles. The summed E-state index contributed by atoms with van der Waals surface area (Å²) in [6.45, 7) is 0.568. The van der Waals surface area contributed by atoms with E-state index < -0.39 is 0 Å². The number of aromatic amines is 2. The Hall–Kier alpha value is -3.19. The molecule has 6 nitrogen and oxygen atoms in total. The Morgan fingerprint density at radius 3 is 2.89 bits per heavy atom. The lowest BCUT2D eigenvalue weighted by atomic mass is 9.94. The van der Waals surface area contributed by atoms with Crippen LogP contribution in [0.25, 0.3) is 22.3 Å². The van der Waals surface area contributed by atoms with Gasteiger partial charge in [0, 0.05) is 34.3 Å². The molecular weight excluding hydrogens is 381 g/mol. The smallest absolute Gasteiger partial charge is 0.270 e. The Morgan fingerprint density at radius 2 is 2.14 bits per heavy atom. The van der Waals surface area contributed by atoms with E-state index in [-0.39, 0.29) is 17.8 Å². The van der Waals surface area contributed by atoms with E-state index >= 15 is 0 Å². The normalized spacial score (nSPS) is 16.4. The van der Waals surface area contributed by atoms with Gasteiger partial charge in [-0.25, -0.2) is 9.37 Å². The molecule has 4 aromatic rings. The van der Waals surface area contributed by atoms with E-state index in [1.807, 2.05) is 12.1 Å². The van der Waals surface area contributed by atoms with Gasteiger partial charge in [-0.05, 0) is 42.8 Å². The third-order valence-electron chi connectivity index (χ3n) is 5.10. The molecule has 5 rings (SSSR count). The van der Waals surface area contributed by atoms with E-state index in [0.29, 0.717) is 34.9 Å². The molecule has 1 saturated heterocycles. The second-order valence-corrected chi connectivity index (χ2v) is 7.21. The lowest BCUT2D eigenvalue weighted by Gasteiger charge is -2.41. The second-order valence-electron chi connectivity index (χ2n) is 6.77. The van der Waals surface area contributed by atoms with Crippen LogP contribution in [0.2, 0.25) is 5.02 Å². The van der Waals surface area contributed by atoms with Crippen LogP contribution in [0.4, 0.5) is 4.39 Å². The van der Waals surface area contributed by atoms with E-state index in [1.54, 1.807) is 29.4 Å². The molecule has 0 aliphatic carbocycles. The van der Waals surface area contributed by atoms with E-state index in [4.69, 9.17) is 11.6 Å². The summed E-state index contributed by atoms with van der Waals surface area (Å²) in [7, 11) is 0. The van der Waals surface area contributed by atoms with Crippen LogP contribution in [0.3, 0.4) is 0 Å². The zero-order chi connectivity index (χ0) is 19.3. The quantitative estimate of drug-likeness (QED) is 0.542. The fourth-order valence-corrected chi connectivity index (χ4v) is 3.73. The summed E-state index contributed by atoms with van der Waals surface area (Å²) in [5.41, 5.74) is 3.11. The molecule has 140 valence electrons. The van der Waals surface area contributed by atoms with Crippen molar-refractivity contribution in [3.8, 4) is 11.3 Å². The van der Waals surface area contributed by atoms with Gasteiger partial charge in [-0.15, -0.1) is 0 Å². The van der Waals surface area contributed by atoms with Crippen molar-refractivity contribution in [2.75, 3.05) is 6.54 Å². The Bertz CT molecular complexity index is 1190. The number of pyridine rings is 1. The van der Waals surface area contributed by atoms with Crippen LogP contribution >= 0.6 is 11.6 Å². The highest BCUT2D eigenvalue weighted by Crippen LogP contribution is 2.37. The van der Waals surface area contributed by atoms with Gasteiger partial charge < -0.3 is 9.88 Å². The number of nitrogens with zero attached hydrogens (tertiary/aromatic N) is 3. The summed E-state index contributed by atoms with van der Waals surface area (Å²) in [4.78, 5) is 22.3. The molecule has 2 N–H and O–H groups in total. The number of H-pyrrole nitrogens is 2. The van der Waals surface area contributed by atoms with Gasteiger partial charge in [-0.2, -0.15) is 5.10 Å². The third-order valence-corrected chi connectivity index (χ3v) is 5.34. The molecule has 4 heterocycles. The molecule has 1 aliphatic heterocycles. The lowest BCUT2D eigenvalue weighted by molar-refractivity contribution is 0.0448. The van der Waals surface area contributed by atoms with E-state index in [0.717, 1.165) is 16.6 Å². The number of aromatic nitrogens is 4. The summed E-state index contributed by atoms with van der Waals surface area (Å²) in [5.74, 6) is -0.534. The number of likely N-dealkylation sites (tertiary alicyclic amines) is 1. The molecule has 0 spiro atoms. The van der Waals surface area contributed by atoms with Crippen molar-refractivity contribution in [2.45, 2.75) is 12.5 Å². The van der Waals surface area contributed by atoms with Gasteiger partial charge >= 0.3 is 0 Å². The van der Waals surface area contributed by atoms with Crippen molar-refractivity contribution in [2.24, 2.45) is 0 Å². The Morgan fingerprint density at radius 1 is 1.25 bits per heavy atom. The third kappa shape index (κ3) is 2.75. The van der Waals surface area contributed by atoms with E-state index in [9.17, 15) is 9.18 Å². The van der Waals surface area contributed by atoms with Gasteiger partial charge in [0.25, 0.3) is 5.91 Å². The number of rotatable bonds is 3. The van der Waals surface area contributed by atoms with E-state index in [2.05, 4.69) is 20.2 Å². The second kappa shape index (κ2) is 6.45. The van der Waals surface area contributed by atoms with Gasteiger partial charge in [-0.1, -0.05) is 11.6 Å². The predicted molar refractivity (Wildman–Crippen MR) is 103 cm³/mol. The maximum Gasteiger partial charge on any atom is 0.270 e. The van der Waals surface area contributed by atoms with Gasteiger partial charge in [-0.3, -0.25) is 9.89 Å². The number of nitrogens with one attached hydrogen (secondary N) is 2. The van der Waals surface area contributed by atoms with Crippen molar-refractivity contribution >= 4 is 28.5 Å². The average molecular weight is 396 g/mol. The molecular formula is C20H15ClFN5O. The first-order chi connectivity index (χ1) is 13.6. The van der Waals surface area contributed by atoms with Crippen LogP contribution in [-0.4, -0.2) is 37.5 Å². The number of halogens is 2. The molecule has 28 heavy (non-hydrogen) atoms. The summed E-state index contributed by atoms with van der Waals surface area (Å²) in [6.07, 6.45) is 4.15. The topological polar surface area (TPSA) is 77.7 Å². The minimum atomic E-state index is -0.352. The van der Waals surface area contributed by atoms with Crippen molar-refractivity contribution in [3.05, 3.63) is 70.9 Å². The molecule has 3 aromatic heterocycles. The number of carbonyl (C=O) groups excluding carboxylic acids is 1. The monoisotopic (exact) mass is 395 g/mol. The molecule has 0 bridgehead atoms. The molecule has 1 amide bonds. The molecule has 1 fully saturated rings. The van der Waals surface area contributed by atoms with Crippen LogP contribution in [-0.2, 0) is 0 Å². The first kappa shape index (κ1) is 16.9. The van der Waals surface area contributed by atoms with E-state index in [1.165, 1.54) is 12.1 Å². The fraction of sp³-hybridized carbons (Fsp3) is 0.150. The summed E-state index contributed by atoms with van der Waals surface area (Å²) in [6, 6.07) is 9.67. The molecule has 1 atom stereocenters. The highest BCUT2D eigenvalue weighted by atomic mass is 35.5. The van der Waals surface area contributed by atoms with Gasteiger partial charge in [0.1, 0.15) is 17.2 Å². The van der Waals surface area contributed by atoms with Crippen molar-refractivity contribution in [1.82, 2.24) is 25.1 Å². The molecule has 1 aliphatic rings. The highest BCUT2D eigenvalue weighted by molar-refractivity contribution is 6.30. The van der Waals surface area contributed by atoms with Crippen molar-refractivity contribution < 1.29 is 9.18 Å². The maximum absolute atomic E-state index is 14.2. The number of benzene rings is 1. The predicted octanol–water partition coefficient (Wildman–Crippen LogP) is 4.33. The highest BCUT2D eigenvalue weighted by Gasteiger charge is 2.36. The number of hydrogen-bond acceptors (Lipinski definition) is 3. The Labute approximate surface area is 164 Å². The van der Waals surface area contributed by atoms with Gasteiger partial charge in [0.05, 0.1) is 17.9 Å². The largest absolute Gasteiger partial charge is 0.335 e. The van der Waals surface area contributed by atoms with Crippen LogP contribution in [0.15, 0.2) is 48.8 Å². The van der Waals surface area contributed by atoms with Crippen LogP contribution in [0, 0.1) is 5.82 Å². The zero-order valence-corrected chi connectivity index (χ0v) is 15.4. The average Bonchev–Trinajstić information content (AvgIpc) is 3.32. The minimum Gasteiger partial charge on any atom is -0.335 e. The SMILES string of the molecule is O=C(c1cc2ccc(-c3cn[nH]c3)nc2[nH]1)N1CC[C@@H]1c1cc(Cl)ccc1F. The van der Waals surface area contributed by atoms with Crippen LogP contribution in [0.5, 0.6) is 0 Å². The summed E-state index contributed by atoms with van der Waals surface area (Å²) >= 11 is 6.01. The number of carbonyl (C=O) groups is 1. The van der Waals surface area contributed by atoms with Crippen molar-refractivity contribution in [3.63, 3.8) is 0 Å². The first-order valence-electron chi connectivity index (χ1n) is 8.85. The van der Waals surface area contributed by atoms with Crippen molar-refractivity contribution in [1.29, 1.82) is 0 Å². The molecule has 8 heteroatoms. The first-order valence-corrected chi connectivity index (χ1v) is 9.23. The van der Waals surface area contributed by atoms with Crippen LogP contribution < -0.4 is 0 Å². The summed E-state index contributed by atoms with van der Waals surface area (Å²) < 4.78 is 14.2. The number of amides is 1. The maximum atomic E-state index is 14.2. The standard InChI is InChI=1S/C20H15ClFN5O/c21-13-2-3-15(22)14(8-13)18-5-6-27(18)20(28)17-7-11-1-4-16(25-19(11)26-17)12-9-23-24-10-12/h1-4,7-10,18H,5-6H2,(H,23,24)(H,25,26)/t18-/m1/s1. The van der Waals surface area contributed by atoms with Crippen LogP contribution in [0.1, 0.15) is 28.5 Å². The van der Waals surface area contributed by atoms with Gasteiger partial charge in [0.15, 0.2) is 0 Å². The molecule has 1 aromatic carbocycles. The Kier molecular flexibility index (Phi) is 3.91. The van der Waals surface area contributed by atoms with Gasteiger partial charge in [0.2, 0.25) is 0 Å². The number of hydrogen-bond donors (Lipinski definition) is 2. The minimum absolute atomic E-state index is 0.182. The Balaban J connectivity index is 1.45. The molecule has 0 radical (unpaired) electrons. The summed E-state index contributed by atoms with van der Waals surface area (Å²) in [5, 5.41) is 7.98. The zero-order valence-electron chi connectivity index (χ0n) is 14.6.